The zero-order valence-corrected chi connectivity index (χ0v) is 11.8. The van der Waals surface area contributed by atoms with E-state index >= 15 is 0 Å². The Balaban J connectivity index is 1.89. The highest BCUT2D eigenvalue weighted by molar-refractivity contribution is 4.94. The number of nitrogens with one attached hydrogen (secondary N) is 1. The molecule has 17 heavy (non-hydrogen) atoms. The highest BCUT2D eigenvalue weighted by atomic mass is 15.2. The molecule has 0 aromatic heterocycles. The molecule has 100 valence electrons. The topological polar surface area (TPSA) is 18.5 Å². The average molecular weight is 239 g/mol. The van der Waals surface area contributed by atoms with Crippen molar-refractivity contribution in [1.82, 2.24) is 15.1 Å². The third-order valence-corrected chi connectivity index (χ3v) is 4.81. The number of fused-ring (bicyclic) bond motifs is 2. The number of piperidine rings is 2. The predicted molar refractivity (Wildman–Crippen MR) is 73.4 cm³/mol. The van der Waals surface area contributed by atoms with Gasteiger partial charge in [0.2, 0.25) is 0 Å². The van der Waals surface area contributed by atoms with Crippen molar-refractivity contribution in [3.8, 4) is 0 Å². The number of rotatable bonds is 5. The third-order valence-electron chi connectivity index (χ3n) is 4.81. The fourth-order valence-electron chi connectivity index (χ4n) is 3.52. The van der Waals surface area contributed by atoms with Gasteiger partial charge in [-0.25, -0.2) is 0 Å². The normalized spacial score (nSPS) is 34.2. The second kappa shape index (κ2) is 6.17. The molecule has 2 aliphatic heterocycles. The maximum Gasteiger partial charge on any atom is 0.0115 e. The van der Waals surface area contributed by atoms with E-state index in [-0.39, 0.29) is 0 Å². The van der Waals surface area contributed by atoms with Gasteiger partial charge in [0, 0.05) is 31.2 Å². The van der Waals surface area contributed by atoms with Gasteiger partial charge in [0.1, 0.15) is 0 Å². The van der Waals surface area contributed by atoms with Gasteiger partial charge >= 0.3 is 0 Å². The summed E-state index contributed by atoms with van der Waals surface area (Å²) in [4.78, 5) is 5.24. The summed E-state index contributed by atoms with van der Waals surface area (Å²) < 4.78 is 0. The van der Waals surface area contributed by atoms with Crippen molar-refractivity contribution in [2.24, 2.45) is 0 Å². The summed E-state index contributed by atoms with van der Waals surface area (Å²) in [6.07, 6.45) is 7.02. The Morgan fingerprint density at radius 2 is 1.88 bits per heavy atom. The van der Waals surface area contributed by atoms with Crippen molar-refractivity contribution in [1.29, 1.82) is 0 Å². The van der Waals surface area contributed by atoms with Gasteiger partial charge in [-0.2, -0.15) is 0 Å². The smallest absolute Gasteiger partial charge is 0.0115 e. The van der Waals surface area contributed by atoms with Gasteiger partial charge in [0.15, 0.2) is 0 Å². The van der Waals surface area contributed by atoms with E-state index in [1.54, 1.807) is 0 Å². The van der Waals surface area contributed by atoms with Crippen molar-refractivity contribution in [2.75, 3.05) is 33.7 Å². The summed E-state index contributed by atoms with van der Waals surface area (Å²) in [5.74, 6) is 0. The first-order valence-corrected chi connectivity index (χ1v) is 7.36. The van der Waals surface area contributed by atoms with Gasteiger partial charge in [0.05, 0.1) is 0 Å². The molecule has 0 radical (unpaired) electrons. The van der Waals surface area contributed by atoms with E-state index in [1.807, 2.05) is 0 Å². The van der Waals surface area contributed by atoms with Gasteiger partial charge in [-0.3, -0.25) is 4.90 Å². The molecule has 1 N–H and O–H groups in total. The summed E-state index contributed by atoms with van der Waals surface area (Å²) >= 11 is 0. The maximum absolute atomic E-state index is 3.49. The minimum atomic E-state index is 0.769. The zero-order valence-electron chi connectivity index (χ0n) is 11.8. The maximum atomic E-state index is 3.49. The van der Waals surface area contributed by atoms with Crippen LogP contribution >= 0.6 is 0 Å². The summed E-state index contributed by atoms with van der Waals surface area (Å²) in [6, 6.07) is 2.47. The zero-order chi connectivity index (χ0) is 12.3. The van der Waals surface area contributed by atoms with E-state index in [9.17, 15) is 0 Å². The molecule has 2 fully saturated rings. The molecule has 2 saturated heterocycles. The Morgan fingerprint density at radius 1 is 1.24 bits per heavy atom. The molecule has 2 aliphatic rings. The predicted octanol–water partition coefficient (Wildman–Crippen LogP) is 1.54. The Labute approximate surface area is 107 Å². The second-order valence-electron chi connectivity index (χ2n) is 5.83. The molecule has 0 saturated carbocycles. The number of hydrogen-bond donors (Lipinski definition) is 1. The molecule has 0 spiro atoms. The SMILES string of the molecule is CCN(C)CCN1C2CCCC1CC(NC)C2. The van der Waals surface area contributed by atoms with Gasteiger partial charge in [-0.1, -0.05) is 13.3 Å². The lowest BCUT2D eigenvalue weighted by Gasteiger charge is -2.49. The first-order chi connectivity index (χ1) is 8.24. The van der Waals surface area contributed by atoms with Crippen LogP contribution in [0, 0.1) is 0 Å². The molecule has 2 atom stereocenters. The molecule has 2 heterocycles. The largest absolute Gasteiger partial charge is 0.317 e. The molecule has 0 aromatic carbocycles. The Bertz CT molecular complexity index is 218. The van der Waals surface area contributed by atoms with Crippen LogP contribution in [0.5, 0.6) is 0 Å². The lowest BCUT2D eigenvalue weighted by atomic mass is 9.82. The van der Waals surface area contributed by atoms with Crippen LogP contribution in [0.15, 0.2) is 0 Å². The minimum absolute atomic E-state index is 0.769. The fourth-order valence-corrected chi connectivity index (χ4v) is 3.52. The van der Waals surface area contributed by atoms with E-state index in [0.717, 1.165) is 18.1 Å². The number of nitrogens with zero attached hydrogens (tertiary/aromatic N) is 2. The van der Waals surface area contributed by atoms with Gasteiger partial charge < -0.3 is 10.2 Å². The van der Waals surface area contributed by atoms with E-state index in [0.29, 0.717) is 0 Å². The summed E-state index contributed by atoms with van der Waals surface area (Å²) in [5, 5.41) is 3.49. The third kappa shape index (κ3) is 3.21. The van der Waals surface area contributed by atoms with Crippen molar-refractivity contribution < 1.29 is 0 Å². The van der Waals surface area contributed by atoms with Gasteiger partial charge in [-0.05, 0) is 46.3 Å². The van der Waals surface area contributed by atoms with Crippen LogP contribution in [-0.4, -0.2) is 61.7 Å². The Kier molecular flexibility index (Phi) is 4.83. The first kappa shape index (κ1) is 13.3. The molecular weight excluding hydrogens is 210 g/mol. The summed E-state index contributed by atoms with van der Waals surface area (Å²) in [5.41, 5.74) is 0. The monoisotopic (exact) mass is 239 g/mol. The second-order valence-corrected chi connectivity index (χ2v) is 5.83. The highest BCUT2D eigenvalue weighted by Gasteiger charge is 2.37. The van der Waals surface area contributed by atoms with Crippen LogP contribution in [0.25, 0.3) is 0 Å². The van der Waals surface area contributed by atoms with Crippen LogP contribution in [0.4, 0.5) is 0 Å². The average Bonchev–Trinajstić information content (AvgIpc) is 2.34. The van der Waals surface area contributed by atoms with Gasteiger partial charge in [0.25, 0.3) is 0 Å². The molecule has 2 bridgehead atoms. The fraction of sp³-hybridized carbons (Fsp3) is 1.00. The van der Waals surface area contributed by atoms with E-state index < -0.39 is 0 Å². The lowest BCUT2D eigenvalue weighted by Crippen LogP contribution is -2.57. The molecule has 3 nitrogen and oxygen atoms in total. The standard InChI is InChI=1S/C14H29N3/c1-4-16(3)8-9-17-13-6-5-7-14(17)11-12(10-13)15-2/h12-15H,4-11H2,1-3H3. The van der Waals surface area contributed by atoms with Crippen LogP contribution in [0.1, 0.15) is 39.0 Å². The Morgan fingerprint density at radius 3 is 2.41 bits per heavy atom. The number of likely N-dealkylation sites (N-methyl/N-ethyl adjacent to an activating group) is 1. The van der Waals surface area contributed by atoms with E-state index in [4.69, 9.17) is 0 Å². The summed E-state index contributed by atoms with van der Waals surface area (Å²) in [6.45, 7) is 5.92. The highest BCUT2D eigenvalue weighted by Crippen LogP contribution is 2.33. The quantitative estimate of drug-likeness (QED) is 0.785. The minimum Gasteiger partial charge on any atom is -0.317 e. The first-order valence-electron chi connectivity index (χ1n) is 7.36. The van der Waals surface area contributed by atoms with Crippen LogP contribution in [0.2, 0.25) is 0 Å². The van der Waals surface area contributed by atoms with E-state index in [1.165, 1.54) is 51.7 Å². The van der Waals surface area contributed by atoms with Gasteiger partial charge in [-0.15, -0.1) is 0 Å². The molecule has 0 aromatic rings. The molecule has 3 heteroatoms. The van der Waals surface area contributed by atoms with Crippen molar-refractivity contribution in [3.63, 3.8) is 0 Å². The molecule has 0 amide bonds. The number of hydrogen-bond acceptors (Lipinski definition) is 3. The molecule has 2 rings (SSSR count). The van der Waals surface area contributed by atoms with Crippen LogP contribution < -0.4 is 5.32 Å². The van der Waals surface area contributed by atoms with E-state index in [2.05, 4.69) is 36.1 Å². The molecular formula is C14H29N3. The van der Waals surface area contributed by atoms with Crippen molar-refractivity contribution >= 4 is 0 Å². The molecule has 0 aliphatic carbocycles. The Hall–Kier alpha value is -0.120. The van der Waals surface area contributed by atoms with Crippen molar-refractivity contribution in [2.45, 2.75) is 57.2 Å². The van der Waals surface area contributed by atoms with Crippen molar-refractivity contribution in [3.05, 3.63) is 0 Å². The lowest BCUT2D eigenvalue weighted by molar-refractivity contribution is 0.0206. The van der Waals surface area contributed by atoms with Crippen LogP contribution in [-0.2, 0) is 0 Å². The molecule has 2 unspecified atom stereocenters. The summed E-state index contributed by atoms with van der Waals surface area (Å²) in [7, 11) is 4.36. The van der Waals surface area contributed by atoms with Crippen LogP contribution in [0.3, 0.4) is 0 Å².